The quantitative estimate of drug-likeness (QED) is 0.529. The number of nitrogens with zero attached hydrogens (tertiary/aromatic N) is 2. The minimum atomic E-state index is -1.75. The Bertz CT molecular complexity index is 1190. The van der Waals surface area contributed by atoms with E-state index in [2.05, 4.69) is 21.1 Å². The molecule has 12 heteroatoms. The average Bonchev–Trinajstić information content (AvgIpc) is 3.14. The molecule has 3 atom stereocenters. The first kappa shape index (κ1) is 20.4. The van der Waals surface area contributed by atoms with Crippen molar-refractivity contribution in [3.8, 4) is 0 Å². The Morgan fingerprint density at radius 3 is 2.62 bits per heavy atom. The molecule has 0 bridgehead atoms. The number of carbonyl (C=O) groups excluding carboxylic acids is 4. The Labute approximate surface area is 180 Å². The van der Waals surface area contributed by atoms with Crippen LogP contribution in [0.4, 0.5) is 14.9 Å². The maximum Gasteiger partial charge on any atom is 0.328 e. The fourth-order valence-electron chi connectivity index (χ4n) is 5.23. The Balaban J connectivity index is 1.78. The number of hydrogen-bond donors (Lipinski definition) is 3. The fraction of sp³-hybridized carbons (Fsp3) is 0.450. The third-order valence-corrected chi connectivity index (χ3v) is 6.41. The van der Waals surface area contributed by atoms with Crippen molar-refractivity contribution in [2.75, 3.05) is 18.5 Å². The van der Waals surface area contributed by atoms with Gasteiger partial charge in [0.15, 0.2) is 16.9 Å². The molecule has 1 spiro atoms. The second-order valence-corrected chi connectivity index (χ2v) is 8.32. The smallest absolute Gasteiger partial charge is 0.328 e. The summed E-state index contributed by atoms with van der Waals surface area (Å²) in [6.45, 7) is 3.69. The van der Waals surface area contributed by atoms with E-state index in [0.717, 1.165) is 0 Å². The van der Waals surface area contributed by atoms with Crippen LogP contribution in [0.25, 0.3) is 11.0 Å². The van der Waals surface area contributed by atoms with Crippen molar-refractivity contribution in [3.05, 3.63) is 23.1 Å². The van der Waals surface area contributed by atoms with Crippen LogP contribution in [0.3, 0.4) is 0 Å². The predicted molar refractivity (Wildman–Crippen MR) is 106 cm³/mol. The lowest BCUT2D eigenvalue weighted by molar-refractivity contribution is -0.153. The number of anilines is 1. The summed E-state index contributed by atoms with van der Waals surface area (Å²) in [5, 5.41) is 10.6. The number of benzene rings is 1. The molecule has 168 valence electrons. The molecule has 11 nitrogen and oxygen atoms in total. The summed E-state index contributed by atoms with van der Waals surface area (Å²) >= 11 is 0. The zero-order valence-electron chi connectivity index (χ0n) is 17.4. The molecule has 2 saturated heterocycles. The number of rotatable bonds is 1. The maximum atomic E-state index is 15.8. The molecule has 0 saturated carbocycles. The number of ether oxygens (including phenoxy) is 1. The van der Waals surface area contributed by atoms with Gasteiger partial charge in [-0.25, -0.2) is 9.18 Å². The highest BCUT2D eigenvalue weighted by Crippen LogP contribution is 2.49. The van der Waals surface area contributed by atoms with Gasteiger partial charge >= 0.3 is 6.03 Å². The van der Waals surface area contributed by atoms with Crippen LogP contribution >= 0.6 is 0 Å². The zero-order chi connectivity index (χ0) is 22.9. The van der Waals surface area contributed by atoms with E-state index in [4.69, 9.17) is 9.26 Å². The van der Waals surface area contributed by atoms with E-state index in [9.17, 15) is 19.2 Å². The number of hydrogen-bond acceptors (Lipinski definition) is 8. The number of fused-ring (bicyclic) bond motifs is 5. The monoisotopic (exact) mass is 445 g/mol. The second kappa shape index (κ2) is 6.73. The molecule has 1 aromatic carbocycles. The SMILES string of the molecule is CNC(=O)c1noc2c(F)c3c(cc12)CC1(C(=O)NC(=O)NC1=O)[C@H]1[C@H](C)O[C@H](C)CN31. The first-order chi connectivity index (χ1) is 15.2. The molecule has 0 radical (unpaired) electrons. The molecular weight excluding hydrogens is 425 g/mol. The van der Waals surface area contributed by atoms with Crippen molar-refractivity contribution in [3.63, 3.8) is 0 Å². The summed E-state index contributed by atoms with van der Waals surface area (Å²) in [5.74, 6) is -2.88. The Morgan fingerprint density at radius 1 is 1.28 bits per heavy atom. The minimum Gasteiger partial charge on any atom is -0.372 e. The van der Waals surface area contributed by atoms with Crippen molar-refractivity contribution >= 4 is 40.4 Å². The van der Waals surface area contributed by atoms with Crippen LogP contribution in [0.2, 0.25) is 0 Å². The second-order valence-electron chi connectivity index (χ2n) is 8.32. The summed E-state index contributed by atoms with van der Waals surface area (Å²) in [7, 11) is 1.40. The van der Waals surface area contributed by atoms with E-state index in [0.29, 0.717) is 5.56 Å². The number of urea groups is 1. The fourth-order valence-corrected chi connectivity index (χ4v) is 5.23. The van der Waals surface area contributed by atoms with Gasteiger partial charge < -0.3 is 19.5 Å². The van der Waals surface area contributed by atoms with Crippen LogP contribution in [-0.2, 0) is 20.7 Å². The van der Waals surface area contributed by atoms with E-state index in [1.807, 2.05) is 0 Å². The van der Waals surface area contributed by atoms with Gasteiger partial charge in [0.05, 0.1) is 29.3 Å². The van der Waals surface area contributed by atoms with Crippen molar-refractivity contribution < 1.29 is 32.8 Å². The molecule has 5 rings (SSSR count). The van der Waals surface area contributed by atoms with Crippen LogP contribution in [0.1, 0.15) is 29.9 Å². The lowest BCUT2D eigenvalue weighted by atomic mass is 9.66. The van der Waals surface area contributed by atoms with E-state index in [1.165, 1.54) is 13.1 Å². The molecule has 2 fully saturated rings. The maximum absolute atomic E-state index is 15.8. The van der Waals surface area contributed by atoms with E-state index < -0.39 is 47.1 Å². The molecule has 5 amide bonds. The number of nitrogens with one attached hydrogen (secondary N) is 3. The zero-order valence-corrected chi connectivity index (χ0v) is 17.4. The first-order valence-corrected chi connectivity index (χ1v) is 10.1. The van der Waals surface area contributed by atoms with Crippen LogP contribution in [-0.4, -0.2) is 60.8 Å². The standard InChI is InChI=1S/C20H20FN5O6/c1-7-6-26-13-9(4-10-12(16(27)22-3)25-32-14(10)11(13)21)5-20(15(26)8(2)31-7)17(28)23-19(30)24-18(20)29/h4,7-8,15H,5-6H2,1-3H3,(H,22,27)(H2,23,24,28,29,30)/t7-,8+,15-/m1/s1. The third kappa shape index (κ3) is 2.52. The highest BCUT2D eigenvalue weighted by molar-refractivity contribution is 6.20. The van der Waals surface area contributed by atoms with Gasteiger partial charge in [-0.05, 0) is 25.5 Å². The van der Waals surface area contributed by atoms with Gasteiger partial charge in [0.2, 0.25) is 17.4 Å². The normalized spacial score (nSPS) is 26.4. The van der Waals surface area contributed by atoms with Crippen LogP contribution in [0, 0.1) is 11.2 Å². The van der Waals surface area contributed by atoms with Crippen molar-refractivity contribution in [1.82, 2.24) is 21.1 Å². The third-order valence-electron chi connectivity index (χ3n) is 6.41. The highest BCUT2D eigenvalue weighted by atomic mass is 19.1. The topological polar surface area (TPSA) is 143 Å². The molecule has 0 aliphatic carbocycles. The molecule has 3 aliphatic rings. The highest BCUT2D eigenvalue weighted by Gasteiger charge is 2.63. The van der Waals surface area contributed by atoms with Crippen LogP contribution in [0.5, 0.6) is 0 Å². The largest absolute Gasteiger partial charge is 0.372 e. The van der Waals surface area contributed by atoms with Gasteiger partial charge in [-0.1, -0.05) is 5.16 Å². The Hall–Kier alpha value is -3.54. The molecule has 32 heavy (non-hydrogen) atoms. The number of barbiturate groups is 1. The summed E-state index contributed by atoms with van der Waals surface area (Å²) < 4.78 is 26.8. The molecule has 3 N–H and O–H groups in total. The van der Waals surface area contributed by atoms with Gasteiger partial charge in [0.25, 0.3) is 5.91 Å². The Kier molecular flexibility index (Phi) is 4.28. The molecule has 3 aliphatic heterocycles. The molecule has 0 unspecified atom stereocenters. The molecule has 1 aromatic heterocycles. The summed E-state index contributed by atoms with van der Waals surface area (Å²) in [6, 6.07) is -0.287. The van der Waals surface area contributed by atoms with Gasteiger partial charge in [-0.15, -0.1) is 0 Å². The van der Waals surface area contributed by atoms with Crippen molar-refractivity contribution in [2.24, 2.45) is 5.41 Å². The number of morpholine rings is 1. The van der Waals surface area contributed by atoms with Gasteiger partial charge in [-0.2, -0.15) is 0 Å². The van der Waals surface area contributed by atoms with Crippen LogP contribution < -0.4 is 20.9 Å². The summed E-state index contributed by atoms with van der Waals surface area (Å²) in [4.78, 5) is 51.8. The Morgan fingerprint density at radius 2 is 1.97 bits per heavy atom. The number of amides is 5. The lowest BCUT2D eigenvalue weighted by Crippen LogP contribution is -2.75. The predicted octanol–water partition coefficient (Wildman–Crippen LogP) is 0.217. The van der Waals surface area contributed by atoms with E-state index >= 15 is 4.39 Å². The van der Waals surface area contributed by atoms with E-state index in [-0.39, 0.29) is 41.4 Å². The van der Waals surface area contributed by atoms with Gasteiger partial charge in [0, 0.05) is 20.0 Å². The summed E-state index contributed by atoms with van der Waals surface area (Å²) in [6.07, 6.45) is -1.17. The number of imide groups is 2. The molecule has 2 aromatic rings. The number of halogens is 1. The summed E-state index contributed by atoms with van der Waals surface area (Å²) in [5.41, 5.74) is -1.58. The average molecular weight is 445 g/mol. The van der Waals surface area contributed by atoms with Gasteiger partial charge in [-0.3, -0.25) is 25.0 Å². The number of carbonyl (C=O) groups is 4. The van der Waals surface area contributed by atoms with Gasteiger partial charge in [0.1, 0.15) is 0 Å². The minimum absolute atomic E-state index is 0.114. The van der Waals surface area contributed by atoms with Crippen molar-refractivity contribution in [2.45, 2.75) is 38.5 Å². The first-order valence-electron chi connectivity index (χ1n) is 10.1. The molecular formula is C20H20FN5O6. The van der Waals surface area contributed by atoms with Crippen LogP contribution in [0.15, 0.2) is 10.6 Å². The van der Waals surface area contributed by atoms with E-state index in [1.54, 1.807) is 18.7 Å². The number of aromatic nitrogens is 1. The molecule has 4 heterocycles. The van der Waals surface area contributed by atoms with Crippen molar-refractivity contribution in [1.29, 1.82) is 0 Å². The lowest BCUT2D eigenvalue weighted by Gasteiger charge is -2.55.